The third-order valence-electron chi connectivity index (χ3n) is 4.66. The molecule has 0 unspecified atom stereocenters. The van der Waals surface area contributed by atoms with E-state index in [9.17, 15) is 5.11 Å². The number of rotatable bonds is 4. The van der Waals surface area contributed by atoms with Crippen LogP contribution >= 0.6 is 0 Å². The molecule has 0 saturated carbocycles. The lowest BCUT2D eigenvalue weighted by Crippen LogP contribution is -1.97. The molecule has 0 bridgehead atoms. The number of benzene rings is 3. The van der Waals surface area contributed by atoms with Gasteiger partial charge in [0.15, 0.2) is 11.5 Å². The summed E-state index contributed by atoms with van der Waals surface area (Å²) >= 11 is 0. The van der Waals surface area contributed by atoms with Gasteiger partial charge in [0.2, 0.25) is 5.75 Å². The highest BCUT2D eigenvalue weighted by Gasteiger charge is 2.17. The van der Waals surface area contributed by atoms with Gasteiger partial charge in [-0.1, -0.05) is 36.4 Å². The molecule has 0 aromatic heterocycles. The number of phenols is 1. The van der Waals surface area contributed by atoms with Crippen LogP contribution in [0.2, 0.25) is 0 Å². The molecule has 3 aromatic rings. The van der Waals surface area contributed by atoms with Crippen molar-refractivity contribution in [1.82, 2.24) is 0 Å². The van der Waals surface area contributed by atoms with Gasteiger partial charge < -0.3 is 14.6 Å². The quantitative estimate of drug-likeness (QED) is 0.583. The third-order valence-corrected chi connectivity index (χ3v) is 4.66. The van der Waals surface area contributed by atoms with Crippen LogP contribution in [0.4, 0.5) is 0 Å². The molecular weight excluding hydrogens is 324 g/mol. The molecule has 0 aliphatic carbocycles. The van der Waals surface area contributed by atoms with E-state index in [4.69, 9.17) is 9.47 Å². The summed E-state index contributed by atoms with van der Waals surface area (Å²) in [5.41, 5.74) is 5.27. The van der Waals surface area contributed by atoms with Gasteiger partial charge in [-0.15, -0.1) is 0 Å². The minimum atomic E-state index is 0.0492. The molecule has 0 spiro atoms. The number of hydrogen-bond donors (Lipinski definition) is 1. The average Bonchev–Trinajstić information content (AvgIpc) is 2.60. The number of hydrogen-bond acceptors (Lipinski definition) is 3. The lowest BCUT2D eigenvalue weighted by Gasteiger charge is -2.18. The van der Waals surface area contributed by atoms with E-state index < -0.39 is 0 Å². The molecule has 134 valence electrons. The maximum atomic E-state index is 10.4. The van der Waals surface area contributed by atoms with Gasteiger partial charge in [-0.2, -0.15) is 0 Å². The number of para-hydroxylation sites is 2. The second-order valence-corrected chi connectivity index (χ2v) is 6.68. The fourth-order valence-electron chi connectivity index (χ4n) is 2.94. The maximum Gasteiger partial charge on any atom is 0.211 e. The molecule has 3 heteroatoms. The van der Waals surface area contributed by atoms with E-state index >= 15 is 0 Å². The van der Waals surface area contributed by atoms with E-state index in [-0.39, 0.29) is 5.75 Å². The molecule has 0 atom stereocenters. The van der Waals surface area contributed by atoms with Crippen molar-refractivity contribution < 1.29 is 14.6 Å². The fourth-order valence-corrected chi connectivity index (χ4v) is 2.94. The van der Waals surface area contributed by atoms with Crippen molar-refractivity contribution in [3.05, 3.63) is 76.3 Å². The Hall–Kier alpha value is -2.94. The largest absolute Gasteiger partial charge is 0.504 e. The zero-order chi connectivity index (χ0) is 18.8. The molecule has 0 aliphatic rings. The van der Waals surface area contributed by atoms with Crippen molar-refractivity contribution in [2.75, 3.05) is 0 Å². The van der Waals surface area contributed by atoms with E-state index in [2.05, 4.69) is 13.0 Å². The van der Waals surface area contributed by atoms with Gasteiger partial charge in [0.05, 0.1) is 0 Å². The maximum absolute atomic E-state index is 10.4. The van der Waals surface area contributed by atoms with Crippen molar-refractivity contribution in [1.29, 1.82) is 0 Å². The molecule has 1 N–H and O–H groups in total. The second kappa shape index (κ2) is 7.12. The van der Waals surface area contributed by atoms with Gasteiger partial charge in [-0.05, 0) is 74.6 Å². The van der Waals surface area contributed by atoms with Crippen LogP contribution in [0.15, 0.2) is 48.5 Å². The van der Waals surface area contributed by atoms with Gasteiger partial charge in [-0.25, -0.2) is 0 Å². The predicted octanol–water partition coefficient (Wildman–Crippen LogP) is 6.52. The molecule has 26 heavy (non-hydrogen) atoms. The van der Waals surface area contributed by atoms with E-state index in [0.717, 1.165) is 39.3 Å². The number of aryl methyl sites for hydroxylation is 4. The minimum absolute atomic E-state index is 0.0492. The topological polar surface area (TPSA) is 38.7 Å². The molecule has 3 aromatic carbocycles. The Morgan fingerprint density at radius 2 is 1.15 bits per heavy atom. The van der Waals surface area contributed by atoms with Crippen molar-refractivity contribution in [2.45, 2.75) is 34.6 Å². The smallest absolute Gasteiger partial charge is 0.211 e. The summed E-state index contributed by atoms with van der Waals surface area (Å²) in [6, 6.07) is 15.2. The Morgan fingerprint density at radius 3 is 1.85 bits per heavy atom. The highest BCUT2D eigenvalue weighted by Crippen LogP contribution is 2.44. The van der Waals surface area contributed by atoms with Gasteiger partial charge in [0.1, 0.15) is 11.5 Å². The first-order valence-electron chi connectivity index (χ1n) is 8.69. The molecule has 0 radical (unpaired) electrons. The van der Waals surface area contributed by atoms with E-state index in [1.54, 1.807) is 12.1 Å². The molecule has 3 rings (SSSR count). The first kappa shape index (κ1) is 17.9. The van der Waals surface area contributed by atoms with E-state index in [1.165, 1.54) is 0 Å². The van der Waals surface area contributed by atoms with Crippen molar-refractivity contribution >= 4 is 0 Å². The highest BCUT2D eigenvalue weighted by atomic mass is 16.5. The summed E-state index contributed by atoms with van der Waals surface area (Å²) in [5, 5.41) is 10.4. The molecular formula is C23H24O3. The monoisotopic (exact) mass is 348 g/mol. The minimum Gasteiger partial charge on any atom is -0.504 e. The Balaban J connectivity index is 2.06. The lowest BCUT2D eigenvalue weighted by molar-refractivity contribution is 0.377. The Morgan fingerprint density at radius 1 is 0.577 bits per heavy atom. The summed E-state index contributed by atoms with van der Waals surface area (Å²) in [6.07, 6.45) is 0. The van der Waals surface area contributed by atoms with Crippen LogP contribution < -0.4 is 9.47 Å². The second-order valence-electron chi connectivity index (χ2n) is 6.68. The number of phenolic OH excluding ortho intramolecular Hbond substituents is 1. The van der Waals surface area contributed by atoms with Crippen LogP contribution in [0.25, 0.3) is 0 Å². The van der Waals surface area contributed by atoms with Crippen molar-refractivity contribution in [2.24, 2.45) is 0 Å². The normalized spacial score (nSPS) is 10.7. The van der Waals surface area contributed by atoms with E-state index in [0.29, 0.717) is 11.5 Å². The first-order chi connectivity index (χ1) is 12.4. The van der Waals surface area contributed by atoms with Gasteiger partial charge >= 0.3 is 0 Å². The van der Waals surface area contributed by atoms with Crippen molar-refractivity contribution in [3.63, 3.8) is 0 Å². The molecule has 0 amide bonds. The van der Waals surface area contributed by atoms with Crippen LogP contribution in [-0.4, -0.2) is 5.11 Å². The summed E-state index contributed by atoms with van der Waals surface area (Å²) < 4.78 is 12.3. The summed E-state index contributed by atoms with van der Waals surface area (Å²) in [6.45, 7) is 10.1. The lowest BCUT2D eigenvalue weighted by atomic mass is 10.1. The van der Waals surface area contributed by atoms with Gasteiger partial charge in [0.25, 0.3) is 0 Å². The van der Waals surface area contributed by atoms with Gasteiger partial charge in [-0.3, -0.25) is 0 Å². The van der Waals surface area contributed by atoms with Gasteiger partial charge in [0, 0.05) is 0 Å². The van der Waals surface area contributed by atoms with Crippen LogP contribution in [0.5, 0.6) is 28.7 Å². The number of ether oxygens (including phenoxy) is 2. The van der Waals surface area contributed by atoms with Crippen LogP contribution in [0.1, 0.15) is 27.8 Å². The Kier molecular flexibility index (Phi) is 4.90. The van der Waals surface area contributed by atoms with E-state index in [1.807, 2.05) is 58.0 Å². The highest BCUT2D eigenvalue weighted by molar-refractivity contribution is 5.57. The first-order valence-corrected chi connectivity index (χ1v) is 8.69. The average molecular weight is 348 g/mol. The Labute approximate surface area is 154 Å². The summed E-state index contributed by atoms with van der Waals surface area (Å²) in [7, 11) is 0. The zero-order valence-corrected chi connectivity index (χ0v) is 15.9. The molecule has 0 fully saturated rings. The SMILES string of the molecule is Cc1ccc(C)c(Oc2cccc(O)c2Oc2c(C)cccc2C)c1C. The Bertz CT molecular complexity index is 938. The molecule has 3 nitrogen and oxygen atoms in total. The predicted molar refractivity (Wildman–Crippen MR) is 105 cm³/mol. The number of aromatic hydroxyl groups is 1. The van der Waals surface area contributed by atoms with Crippen LogP contribution in [-0.2, 0) is 0 Å². The molecule has 0 heterocycles. The van der Waals surface area contributed by atoms with Crippen LogP contribution in [0, 0.1) is 34.6 Å². The van der Waals surface area contributed by atoms with Crippen LogP contribution in [0.3, 0.4) is 0 Å². The zero-order valence-electron chi connectivity index (χ0n) is 15.9. The fraction of sp³-hybridized carbons (Fsp3) is 0.217. The summed E-state index contributed by atoms with van der Waals surface area (Å²) in [4.78, 5) is 0. The third kappa shape index (κ3) is 3.38. The van der Waals surface area contributed by atoms with Crippen molar-refractivity contribution in [3.8, 4) is 28.7 Å². The molecule has 0 aliphatic heterocycles. The molecule has 0 saturated heterocycles. The summed E-state index contributed by atoms with van der Waals surface area (Å²) in [5.74, 6) is 2.39. The standard InChI is InChI=1S/C23H24O3/c1-14-12-13-17(4)22(18(14)5)25-20-11-7-10-19(24)23(20)26-21-15(2)8-6-9-16(21)3/h6-13,24H,1-5H3.